The Morgan fingerprint density at radius 1 is 1.21 bits per heavy atom. The normalized spacial score (nSPS) is 32.8. The van der Waals surface area contributed by atoms with E-state index in [1.165, 1.54) is 16.7 Å². The quantitative estimate of drug-likeness (QED) is 0.288. The molecule has 43 heavy (non-hydrogen) atoms. The van der Waals surface area contributed by atoms with Gasteiger partial charge in [-0.1, -0.05) is 6.92 Å². The van der Waals surface area contributed by atoms with Crippen LogP contribution in [-0.2, 0) is 19.6 Å². The van der Waals surface area contributed by atoms with Gasteiger partial charge in [-0.3, -0.25) is 9.69 Å². The van der Waals surface area contributed by atoms with Gasteiger partial charge in [-0.15, -0.1) is 23.5 Å². The number of carboxylic acid groups (broad SMARTS) is 1. The van der Waals surface area contributed by atoms with Gasteiger partial charge in [-0.05, 0) is 19.4 Å². The lowest BCUT2D eigenvalue weighted by atomic mass is 9.79. The molecule has 0 aliphatic carbocycles. The summed E-state index contributed by atoms with van der Waals surface area (Å²) in [7, 11) is -3.48. The van der Waals surface area contributed by atoms with Crippen molar-refractivity contribution in [3.63, 3.8) is 0 Å². The molecule has 13 nitrogen and oxygen atoms in total. The number of piperazine rings is 1. The summed E-state index contributed by atoms with van der Waals surface area (Å²) in [5.74, 6) is -0.737. The first-order valence-electron chi connectivity index (χ1n) is 14.8. The minimum Gasteiger partial charge on any atom is -0.477 e. The molecule has 7 atom stereocenters. The van der Waals surface area contributed by atoms with Gasteiger partial charge in [0.25, 0.3) is 0 Å². The van der Waals surface area contributed by atoms with Crippen LogP contribution in [0.5, 0.6) is 0 Å². The highest BCUT2D eigenvalue weighted by Gasteiger charge is 2.60. The molecular weight excluding hydrogens is 615 g/mol. The second-order valence-corrected chi connectivity index (χ2v) is 16.4. The number of aliphatic carboxylic acids is 1. The molecule has 16 heteroatoms. The van der Waals surface area contributed by atoms with Crippen LogP contribution >= 0.6 is 23.5 Å². The highest BCUT2D eigenvalue weighted by molar-refractivity contribution is 8.03. The molecule has 3 unspecified atom stereocenters. The van der Waals surface area contributed by atoms with Crippen molar-refractivity contribution in [3.8, 4) is 0 Å². The predicted molar refractivity (Wildman–Crippen MR) is 165 cm³/mol. The van der Waals surface area contributed by atoms with Crippen LogP contribution in [0.2, 0.25) is 0 Å². The average Bonchev–Trinajstić information content (AvgIpc) is 3.71. The summed E-state index contributed by atoms with van der Waals surface area (Å²) >= 11 is 3.14. The van der Waals surface area contributed by atoms with Crippen molar-refractivity contribution in [2.45, 2.75) is 49.1 Å². The Kier molecular flexibility index (Phi) is 8.99. The lowest BCUT2D eigenvalue weighted by Crippen LogP contribution is -2.63. The first-order chi connectivity index (χ1) is 20.6. The minimum absolute atomic E-state index is 0.0319. The van der Waals surface area contributed by atoms with E-state index in [0.717, 1.165) is 31.9 Å². The maximum atomic E-state index is 13.5. The monoisotopic (exact) mass is 653 g/mol. The molecule has 0 bridgehead atoms. The summed E-state index contributed by atoms with van der Waals surface area (Å²) in [6, 6.07) is 1.39. The molecule has 5 aliphatic rings. The largest absolute Gasteiger partial charge is 0.477 e. The van der Waals surface area contributed by atoms with Crippen molar-refractivity contribution in [3.05, 3.63) is 29.1 Å². The van der Waals surface area contributed by atoms with Gasteiger partial charge in [0.05, 0.1) is 29.2 Å². The van der Waals surface area contributed by atoms with Crippen LogP contribution in [0.1, 0.15) is 20.3 Å². The van der Waals surface area contributed by atoms with Gasteiger partial charge >= 0.3 is 5.97 Å². The van der Waals surface area contributed by atoms with Gasteiger partial charge in [0.1, 0.15) is 5.70 Å². The molecule has 4 fully saturated rings. The molecule has 0 radical (unpaired) electrons. The van der Waals surface area contributed by atoms with Crippen LogP contribution in [0.15, 0.2) is 29.1 Å². The van der Waals surface area contributed by atoms with Crippen LogP contribution < -0.4 is 10.2 Å². The number of amides is 1. The number of hydrogen-bond acceptors (Lipinski definition) is 12. The molecular formula is C27H39N7O6S3. The number of nitrogens with zero attached hydrogens (tertiary/aromatic N) is 6. The van der Waals surface area contributed by atoms with Gasteiger partial charge < -0.3 is 25.3 Å². The van der Waals surface area contributed by atoms with E-state index in [1.807, 2.05) is 6.92 Å². The fourth-order valence-corrected chi connectivity index (χ4v) is 12.0. The number of β-lactam (4-membered cyclic amide) rings is 1. The van der Waals surface area contributed by atoms with E-state index in [1.54, 1.807) is 41.5 Å². The standard InChI is InChI=1S/C27H39N7O6S3/c1-16-21-20(17(2)35)24(36)34(21)22(26(37)38)23(16)42-18-14-19(30-15-18)25-33(10-12-41-25)43(39,40)13-11-31-6-8-32(9-7-31)27-28-4-3-5-29-27/h3-5,16-21,25,30,35H,6-15H2,1-2H3,(H,37,38)/t16-,17-,18+,19+,20?,21?,25?/m1/s1. The van der Waals surface area contributed by atoms with Crippen molar-refractivity contribution >= 4 is 51.4 Å². The fraction of sp³-hybridized carbons (Fsp3) is 0.704. The Labute approximate surface area is 260 Å². The molecule has 4 saturated heterocycles. The number of hydrogen-bond donors (Lipinski definition) is 3. The molecule has 0 spiro atoms. The Morgan fingerprint density at radius 2 is 1.93 bits per heavy atom. The second kappa shape index (κ2) is 12.4. The smallest absolute Gasteiger partial charge is 0.353 e. The molecule has 0 aromatic carbocycles. The molecule has 1 aromatic heterocycles. The van der Waals surface area contributed by atoms with Gasteiger partial charge in [0.2, 0.25) is 21.9 Å². The lowest BCUT2D eigenvalue weighted by molar-refractivity contribution is -0.163. The topological polar surface area (TPSA) is 160 Å². The van der Waals surface area contributed by atoms with Gasteiger partial charge in [-0.2, -0.15) is 4.31 Å². The number of carbonyl (C=O) groups excluding carboxylic acids is 1. The summed E-state index contributed by atoms with van der Waals surface area (Å²) in [5, 5.41) is 23.4. The van der Waals surface area contributed by atoms with Crippen molar-refractivity contribution in [2.75, 3.05) is 62.2 Å². The molecule has 6 heterocycles. The highest BCUT2D eigenvalue weighted by atomic mass is 32.2. The Morgan fingerprint density at radius 3 is 2.60 bits per heavy atom. The highest BCUT2D eigenvalue weighted by Crippen LogP contribution is 2.52. The zero-order valence-corrected chi connectivity index (χ0v) is 26.7. The van der Waals surface area contributed by atoms with Crippen LogP contribution in [0.25, 0.3) is 0 Å². The number of nitrogens with one attached hydrogen (secondary N) is 1. The van der Waals surface area contributed by atoms with Gasteiger partial charge in [0, 0.05) is 86.1 Å². The number of aliphatic hydroxyl groups excluding tert-OH is 1. The average molecular weight is 654 g/mol. The van der Waals surface area contributed by atoms with E-state index in [2.05, 4.69) is 25.1 Å². The number of rotatable bonds is 10. The number of anilines is 1. The number of carbonyl (C=O) groups is 2. The van der Waals surface area contributed by atoms with E-state index in [0.29, 0.717) is 36.9 Å². The third-order valence-electron chi connectivity index (χ3n) is 9.19. The second-order valence-electron chi connectivity index (χ2n) is 11.8. The molecule has 0 saturated carbocycles. The third kappa shape index (κ3) is 5.91. The van der Waals surface area contributed by atoms with E-state index in [-0.39, 0.29) is 46.0 Å². The number of aliphatic hydroxyl groups is 1. The summed E-state index contributed by atoms with van der Waals surface area (Å²) in [6.45, 7) is 8.09. The van der Waals surface area contributed by atoms with Crippen molar-refractivity contribution in [1.82, 2.24) is 29.4 Å². The molecule has 5 aliphatic heterocycles. The van der Waals surface area contributed by atoms with Crippen LogP contribution in [-0.4, -0.2) is 141 Å². The van der Waals surface area contributed by atoms with E-state index in [4.69, 9.17) is 0 Å². The van der Waals surface area contributed by atoms with Gasteiger partial charge in [-0.25, -0.2) is 23.2 Å². The molecule has 1 amide bonds. The Bertz CT molecular complexity index is 1360. The Balaban J connectivity index is 1.04. The number of sulfonamides is 1. The predicted octanol–water partition coefficient (Wildman–Crippen LogP) is -0.0793. The number of fused-ring (bicyclic) bond motifs is 1. The summed E-state index contributed by atoms with van der Waals surface area (Å²) < 4.78 is 28.7. The van der Waals surface area contributed by atoms with E-state index in [9.17, 15) is 28.2 Å². The lowest BCUT2D eigenvalue weighted by Gasteiger charge is -2.46. The summed E-state index contributed by atoms with van der Waals surface area (Å²) in [6.07, 6.45) is 3.31. The van der Waals surface area contributed by atoms with E-state index >= 15 is 0 Å². The third-order valence-corrected chi connectivity index (χ3v) is 14.0. The van der Waals surface area contributed by atoms with Crippen LogP contribution in [0, 0.1) is 11.8 Å². The maximum absolute atomic E-state index is 13.5. The van der Waals surface area contributed by atoms with Crippen molar-refractivity contribution < 1.29 is 28.2 Å². The van der Waals surface area contributed by atoms with Crippen molar-refractivity contribution in [1.29, 1.82) is 0 Å². The maximum Gasteiger partial charge on any atom is 0.353 e. The fourth-order valence-electron chi connectivity index (χ4n) is 6.97. The SMILES string of the molecule is C[C@@H](O)C1C(=O)N2C(C(=O)O)=C(S[C@@H]3CN[C@H](C4SCCN4S(=O)(=O)CCN4CCN(c5ncccn5)CC4)C3)[C@H](C)C12. The van der Waals surface area contributed by atoms with Crippen molar-refractivity contribution in [2.24, 2.45) is 11.8 Å². The summed E-state index contributed by atoms with van der Waals surface area (Å²) in [4.78, 5) is 39.8. The summed E-state index contributed by atoms with van der Waals surface area (Å²) in [5.41, 5.74) is 0.0319. The first-order valence-corrected chi connectivity index (χ1v) is 18.3. The number of thioether (sulfide) groups is 2. The van der Waals surface area contributed by atoms with Gasteiger partial charge in [0.15, 0.2) is 0 Å². The number of aromatic nitrogens is 2. The number of carboxylic acids is 1. The first kappa shape index (κ1) is 31.0. The molecule has 1 aromatic rings. The van der Waals surface area contributed by atoms with Crippen LogP contribution in [0.4, 0.5) is 5.95 Å². The molecule has 3 N–H and O–H groups in total. The molecule has 236 valence electrons. The molecule has 6 rings (SSSR count). The zero-order valence-electron chi connectivity index (χ0n) is 24.3. The zero-order chi connectivity index (χ0) is 30.5. The minimum atomic E-state index is -3.48. The Hall–Kier alpha value is -1.95. The van der Waals surface area contributed by atoms with E-state index < -0.39 is 28.0 Å². The van der Waals surface area contributed by atoms with Crippen LogP contribution in [0.3, 0.4) is 0 Å².